The number of hydrogen-bond acceptors (Lipinski definition) is 2. The fourth-order valence-electron chi connectivity index (χ4n) is 1.69. The highest BCUT2D eigenvalue weighted by molar-refractivity contribution is 8.00. The van der Waals surface area contributed by atoms with Crippen LogP contribution in [-0.4, -0.2) is 14.8 Å². The molecule has 2 heterocycles. The van der Waals surface area contributed by atoms with Crippen molar-refractivity contribution in [2.24, 2.45) is 0 Å². The van der Waals surface area contributed by atoms with Crippen molar-refractivity contribution in [1.82, 2.24) is 9.55 Å². The van der Waals surface area contributed by atoms with Crippen LogP contribution in [0.2, 0.25) is 0 Å². The van der Waals surface area contributed by atoms with Crippen LogP contribution in [0.3, 0.4) is 0 Å². The van der Waals surface area contributed by atoms with E-state index in [-0.39, 0.29) is 0 Å². The monoisotopic (exact) mass is 152 g/mol. The molecule has 1 fully saturated rings. The molecule has 2 aliphatic rings. The summed E-state index contributed by atoms with van der Waals surface area (Å²) in [6, 6.07) is 0.794. The first-order chi connectivity index (χ1) is 4.95. The van der Waals surface area contributed by atoms with Crippen LogP contribution in [-0.2, 0) is 0 Å². The lowest BCUT2D eigenvalue weighted by Gasteiger charge is -2.29. The van der Waals surface area contributed by atoms with E-state index in [0.29, 0.717) is 0 Å². The van der Waals surface area contributed by atoms with Crippen LogP contribution in [0.5, 0.6) is 0 Å². The van der Waals surface area contributed by atoms with Gasteiger partial charge in [-0.3, -0.25) is 0 Å². The van der Waals surface area contributed by atoms with Gasteiger partial charge in [0.05, 0.1) is 0 Å². The van der Waals surface area contributed by atoms with Crippen molar-refractivity contribution in [3.8, 4) is 0 Å². The van der Waals surface area contributed by atoms with Crippen molar-refractivity contribution in [2.75, 3.05) is 0 Å². The van der Waals surface area contributed by atoms with Crippen molar-refractivity contribution in [3.05, 3.63) is 12.4 Å². The summed E-state index contributed by atoms with van der Waals surface area (Å²) in [7, 11) is 0. The predicted octanol–water partition coefficient (Wildman–Crippen LogP) is 1.69. The Balaban J connectivity index is 2.13. The number of rotatable bonds is 0. The van der Waals surface area contributed by atoms with Gasteiger partial charge in [-0.2, -0.15) is 0 Å². The zero-order chi connectivity index (χ0) is 6.55. The largest absolute Gasteiger partial charge is 0.322 e. The van der Waals surface area contributed by atoms with Gasteiger partial charge in [-0.15, -0.1) is 0 Å². The Labute approximate surface area is 63.6 Å². The normalized spacial score (nSPS) is 34.8. The van der Waals surface area contributed by atoms with E-state index in [1.165, 1.54) is 18.0 Å². The van der Waals surface area contributed by atoms with Crippen molar-refractivity contribution in [1.29, 1.82) is 0 Å². The predicted molar refractivity (Wildman–Crippen MR) is 40.1 cm³/mol. The molecule has 52 valence electrons. The number of hydrogen-bond donors (Lipinski definition) is 0. The first-order valence-corrected chi connectivity index (χ1v) is 4.52. The third-order valence-corrected chi connectivity index (χ3v) is 3.80. The molecule has 0 spiro atoms. The summed E-state index contributed by atoms with van der Waals surface area (Å²) < 4.78 is 2.32. The van der Waals surface area contributed by atoms with Gasteiger partial charge in [0.2, 0.25) is 0 Å². The molecule has 3 heteroatoms. The van der Waals surface area contributed by atoms with Gasteiger partial charge in [0.1, 0.15) is 0 Å². The molecule has 10 heavy (non-hydrogen) atoms. The quantitative estimate of drug-likeness (QED) is 0.563. The molecule has 1 aromatic rings. The Hall–Kier alpha value is -0.440. The third kappa shape index (κ3) is 0.461. The van der Waals surface area contributed by atoms with E-state index < -0.39 is 0 Å². The Morgan fingerprint density at radius 1 is 1.60 bits per heavy atom. The number of fused-ring (bicyclic) bond motifs is 3. The summed E-state index contributed by atoms with van der Waals surface area (Å²) >= 11 is 1.94. The maximum absolute atomic E-state index is 4.26. The maximum Gasteiger partial charge on any atom is 0.168 e. The van der Waals surface area contributed by atoms with Crippen LogP contribution < -0.4 is 0 Å². The average Bonchev–Trinajstić information content (AvgIpc) is 2.35. The van der Waals surface area contributed by atoms with Crippen LogP contribution in [0.25, 0.3) is 0 Å². The lowest BCUT2D eigenvalue weighted by molar-refractivity contribution is 0.330. The summed E-state index contributed by atoms with van der Waals surface area (Å²) in [6.45, 7) is 0. The van der Waals surface area contributed by atoms with Crippen LogP contribution in [0, 0.1) is 0 Å². The maximum atomic E-state index is 4.26. The Morgan fingerprint density at radius 3 is 3.40 bits per heavy atom. The first-order valence-electron chi connectivity index (χ1n) is 3.64. The Kier molecular flexibility index (Phi) is 0.832. The lowest BCUT2D eigenvalue weighted by atomic mass is 9.92. The second-order valence-electron chi connectivity index (χ2n) is 2.92. The topological polar surface area (TPSA) is 17.8 Å². The molecule has 2 atom stereocenters. The molecular weight excluding hydrogens is 144 g/mol. The molecule has 0 aromatic carbocycles. The smallest absolute Gasteiger partial charge is 0.168 e. The van der Waals surface area contributed by atoms with Crippen molar-refractivity contribution < 1.29 is 0 Å². The molecule has 0 saturated heterocycles. The highest BCUT2D eigenvalue weighted by atomic mass is 32.2. The highest BCUT2D eigenvalue weighted by Gasteiger charge is 2.40. The lowest BCUT2D eigenvalue weighted by Crippen LogP contribution is -2.25. The van der Waals surface area contributed by atoms with E-state index in [2.05, 4.69) is 15.7 Å². The zero-order valence-corrected chi connectivity index (χ0v) is 6.34. The molecule has 1 unspecified atom stereocenters. The van der Waals surface area contributed by atoms with Gasteiger partial charge in [-0.25, -0.2) is 4.98 Å². The first kappa shape index (κ1) is 5.24. The van der Waals surface area contributed by atoms with Crippen LogP contribution in [0.1, 0.15) is 18.9 Å². The summed E-state index contributed by atoms with van der Waals surface area (Å²) in [4.78, 5) is 4.26. The molecular formula is C7H8N2S. The number of imidazole rings is 1. The van der Waals surface area contributed by atoms with E-state index in [4.69, 9.17) is 0 Å². The molecule has 1 aliphatic carbocycles. The zero-order valence-electron chi connectivity index (χ0n) is 5.53. The van der Waals surface area contributed by atoms with Gasteiger partial charge < -0.3 is 4.57 Å². The second kappa shape index (κ2) is 1.59. The van der Waals surface area contributed by atoms with Gasteiger partial charge in [-0.05, 0) is 12.8 Å². The van der Waals surface area contributed by atoms with E-state index in [1.807, 2.05) is 18.0 Å². The third-order valence-electron chi connectivity index (χ3n) is 2.42. The average molecular weight is 152 g/mol. The fraction of sp³-hybridized carbons (Fsp3) is 0.571. The Morgan fingerprint density at radius 2 is 2.60 bits per heavy atom. The van der Waals surface area contributed by atoms with Gasteiger partial charge in [0, 0.05) is 23.7 Å². The van der Waals surface area contributed by atoms with E-state index in [0.717, 1.165) is 11.3 Å². The second-order valence-corrected chi connectivity index (χ2v) is 4.12. The van der Waals surface area contributed by atoms with Crippen molar-refractivity contribution in [2.45, 2.75) is 29.3 Å². The van der Waals surface area contributed by atoms with E-state index in [9.17, 15) is 0 Å². The van der Waals surface area contributed by atoms with Gasteiger partial charge >= 0.3 is 0 Å². The van der Waals surface area contributed by atoms with E-state index >= 15 is 0 Å². The highest BCUT2D eigenvalue weighted by Crippen LogP contribution is 2.50. The number of nitrogens with zero attached hydrogens (tertiary/aromatic N) is 2. The SMILES string of the molecule is c1cn2c(n1)SC1CC[C@@H]12. The van der Waals surface area contributed by atoms with Crippen LogP contribution in [0.15, 0.2) is 17.6 Å². The molecule has 0 N–H and O–H groups in total. The fourth-order valence-corrected chi connectivity index (χ4v) is 3.07. The van der Waals surface area contributed by atoms with Gasteiger partial charge in [-0.1, -0.05) is 11.8 Å². The minimum atomic E-state index is 0.794. The van der Waals surface area contributed by atoms with Crippen LogP contribution in [0.4, 0.5) is 0 Å². The van der Waals surface area contributed by atoms with Crippen molar-refractivity contribution >= 4 is 11.8 Å². The van der Waals surface area contributed by atoms with E-state index in [1.54, 1.807) is 0 Å². The molecule has 1 aromatic heterocycles. The molecule has 0 radical (unpaired) electrons. The molecule has 0 bridgehead atoms. The number of thioether (sulfide) groups is 1. The molecule has 3 rings (SSSR count). The summed E-state index contributed by atoms with van der Waals surface area (Å²) in [5.41, 5.74) is 0. The molecule has 0 amide bonds. The van der Waals surface area contributed by atoms with Crippen molar-refractivity contribution in [3.63, 3.8) is 0 Å². The summed E-state index contributed by atoms with van der Waals surface area (Å²) in [6.07, 6.45) is 6.75. The minimum absolute atomic E-state index is 0.794. The van der Waals surface area contributed by atoms with Gasteiger partial charge in [0.15, 0.2) is 5.16 Å². The van der Waals surface area contributed by atoms with Gasteiger partial charge in [0.25, 0.3) is 0 Å². The van der Waals surface area contributed by atoms with Crippen LogP contribution >= 0.6 is 11.8 Å². The summed E-state index contributed by atoms with van der Waals surface area (Å²) in [5, 5.41) is 2.09. The minimum Gasteiger partial charge on any atom is -0.322 e. The Bertz CT molecular complexity index is 268. The standard InChI is InChI=1S/C7H8N2S/c1-2-6-5(1)9-4-3-8-7(9)10-6/h3-6H,1-2H2/t5-,6?/m0/s1. The number of aromatic nitrogens is 2. The molecule has 2 nitrogen and oxygen atoms in total. The summed E-state index contributed by atoms with van der Waals surface area (Å²) in [5.74, 6) is 0. The molecule has 1 saturated carbocycles. The molecule has 1 aliphatic heterocycles.